The predicted molar refractivity (Wildman–Crippen MR) is 112 cm³/mol. The molecule has 30 heavy (non-hydrogen) atoms. The third-order valence-electron chi connectivity index (χ3n) is 4.39. The van der Waals surface area contributed by atoms with Crippen molar-refractivity contribution in [2.45, 2.75) is 0 Å². The predicted octanol–water partition coefficient (Wildman–Crippen LogP) is 4.99. The van der Waals surface area contributed by atoms with Crippen LogP contribution in [0.5, 0.6) is 17.2 Å². The molecule has 4 aromatic rings. The maximum Gasteiger partial charge on any atom is 0.258 e. The summed E-state index contributed by atoms with van der Waals surface area (Å²) in [6.45, 7) is -0.917. The lowest BCUT2D eigenvalue weighted by atomic mass is 10.1. The van der Waals surface area contributed by atoms with Gasteiger partial charge in [-0.25, -0.2) is 4.39 Å². The third kappa shape index (κ3) is 4.21. The Morgan fingerprint density at radius 3 is 2.53 bits per heavy atom. The van der Waals surface area contributed by atoms with Crippen LogP contribution in [0.2, 0.25) is 5.02 Å². The van der Waals surface area contributed by atoms with E-state index >= 15 is 0 Å². The minimum atomic E-state index is -0.917. The number of aromatic nitrogens is 3. The molecular formula is C22H17ClFN3O3. The third-order valence-corrected chi connectivity index (χ3v) is 4.63. The topological polar surface area (TPSA) is 58.3 Å². The zero-order valence-corrected chi connectivity index (χ0v) is 16.7. The van der Waals surface area contributed by atoms with E-state index < -0.39 is 6.86 Å². The summed E-state index contributed by atoms with van der Waals surface area (Å²) in [4.78, 5) is 12.8. The van der Waals surface area contributed by atoms with Gasteiger partial charge in [0.2, 0.25) is 6.86 Å². The van der Waals surface area contributed by atoms with E-state index in [0.29, 0.717) is 33.5 Å². The smallest absolute Gasteiger partial charge is 0.258 e. The standard InChI is InChI=1S/C22H17ClFN3O3/c1-26-12-15(11-25-26)20-13-27(17-5-7-18(8-6-17)29-14-24)22(28)10-21(20)30-19-4-2-3-16(23)9-19/h2-13H,14H2,1H3. The summed E-state index contributed by atoms with van der Waals surface area (Å²) in [7, 11) is 1.81. The number of ether oxygens (including phenoxy) is 2. The maximum atomic E-state index is 12.8. The fourth-order valence-corrected chi connectivity index (χ4v) is 3.18. The molecule has 0 amide bonds. The first-order chi connectivity index (χ1) is 14.5. The lowest BCUT2D eigenvalue weighted by Crippen LogP contribution is -2.17. The number of rotatable bonds is 6. The van der Waals surface area contributed by atoms with Crippen molar-refractivity contribution in [1.82, 2.24) is 14.3 Å². The molecule has 4 rings (SSSR count). The SMILES string of the molecule is Cn1cc(-c2cn(-c3ccc(OCF)cc3)c(=O)cc2Oc2cccc(Cl)c2)cn1. The van der Waals surface area contributed by atoms with E-state index in [1.807, 2.05) is 6.20 Å². The van der Waals surface area contributed by atoms with E-state index in [0.717, 1.165) is 5.56 Å². The molecule has 2 aromatic carbocycles. The molecule has 0 unspecified atom stereocenters. The van der Waals surface area contributed by atoms with Crippen LogP contribution in [0.15, 0.2) is 78.0 Å². The van der Waals surface area contributed by atoms with Crippen molar-refractivity contribution in [2.24, 2.45) is 7.05 Å². The molecule has 0 radical (unpaired) electrons. The van der Waals surface area contributed by atoms with E-state index in [9.17, 15) is 9.18 Å². The van der Waals surface area contributed by atoms with E-state index in [2.05, 4.69) is 5.10 Å². The summed E-state index contributed by atoms with van der Waals surface area (Å²) < 4.78 is 26.3. The lowest BCUT2D eigenvalue weighted by molar-refractivity contribution is 0.192. The van der Waals surface area contributed by atoms with Gasteiger partial charge in [0.25, 0.3) is 5.56 Å². The average molecular weight is 426 g/mol. The largest absolute Gasteiger partial charge is 0.463 e. The summed E-state index contributed by atoms with van der Waals surface area (Å²) in [5, 5.41) is 4.74. The van der Waals surface area contributed by atoms with E-state index in [-0.39, 0.29) is 5.56 Å². The van der Waals surface area contributed by atoms with E-state index in [1.165, 1.54) is 10.6 Å². The molecule has 152 valence electrons. The summed E-state index contributed by atoms with van der Waals surface area (Å²) in [5.41, 5.74) is 1.76. The van der Waals surface area contributed by atoms with Crippen LogP contribution in [0.1, 0.15) is 0 Å². The molecule has 0 aliphatic rings. The van der Waals surface area contributed by atoms with Gasteiger partial charge in [-0.15, -0.1) is 0 Å². The molecule has 2 aromatic heterocycles. The molecule has 0 saturated carbocycles. The minimum absolute atomic E-state index is 0.293. The van der Waals surface area contributed by atoms with Crippen molar-refractivity contribution >= 4 is 11.6 Å². The molecule has 0 aliphatic carbocycles. The Kier molecular flexibility index (Phi) is 5.54. The van der Waals surface area contributed by atoms with Gasteiger partial charge >= 0.3 is 0 Å². The van der Waals surface area contributed by atoms with Crippen LogP contribution >= 0.6 is 11.6 Å². The summed E-state index contributed by atoms with van der Waals surface area (Å²) >= 11 is 6.05. The molecule has 0 N–H and O–H groups in total. The van der Waals surface area contributed by atoms with Gasteiger partial charge in [0.05, 0.1) is 6.20 Å². The lowest BCUT2D eigenvalue weighted by Gasteiger charge is -2.14. The highest BCUT2D eigenvalue weighted by molar-refractivity contribution is 6.30. The van der Waals surface area contributed by atoms with Crippen LogP contribution < -0.4 is 15.0 Å². The minimum Gasteiger partial charge on any atom is -0.463 e. The van der Waals surface area contributed by atoms with Crippen molar-refractivity contribution in [1.29, 1.82) is 0 Å². The van der Waals surface area contributed by atoms with Gasteiger partial charge < -0.3 is 9.47 Å². The first kappa shape index (κ1) is 19.7. The summed E-state index contributed by atoms with van der Waals surface area (Å²) in [6.07, 6.45) is 5.20. The summed E-state index contributed by atoms with van der Waals surface area (Å²) in [6, 6.07) is 14.9. The van der Waals surface area contributed by atoms with Crippen LogP contribution in [0.25, 0.3) is 16.8 Å². The molecule has 8 heteroatoms. The van der Waals surface area contributed by atoms with Gasteiger partial charge in [0.15, 0.2) is 0 Å². The number of nitrogens with zero attached hydrogens (tertiary/aromatic N) is 3. The highest BCUT2D eigenvalue weighted by Crippen LogP contribution is 2.33. The zero-order valence-electron chi connectivity index (χ0n) is 16.0. The quantitative estimate of drug-likeness (QED) is 0.436. The van der Waals surface area contributed by atoms with Crippen molar-refractivity contribution in [3.8, 4) is 34.1 Å². The number of aryl methyl sites for hydroxylation is 1. The van der Waals surface area contributed by atoms with Crippen molar-refractivity contribution in [3.63, 3.8) is 0 Å². The fourth-order valence-electron chi connectivity index (χ4n) is 3.00. The molecule has 0 bridgehead atoms. The second kappa shape index (κ2) is 8.42. The number of pyridine rings is 1. The highest BCUT2D eigenvalue weighted by atomic mass is 35.5. The molecule has 0 aliphatic heterocycles. The molecule has 0 fully saturated rings. The van der Waals surface area contributed by atoms with Gasteiger partial charge in [0, 0.05) is 47.3 Å². The number of benzene rings is 2. The number of alkyl halides is 1. The molecule has 2 heterocycles. The summed E-state index contributed by atoms with van der Waals surface area (Å²) in [5.74, 6) is 1.27. The molecule has 0 spiro atoms. The van der Waals surface area contributed by atoms with Crippen LogP contribution in [0.3, 0.4) is 0 Å². The van der Waals surface area contributed by atoms with Gasteiger partial charge in [0.1, 0.15) is 17.2 Å². The monoisotopic (exact) mass is 425 g/mol. The van der Waals surface area contributed by atoms with E-state index in [4.69, 9.17) is 21.1 Å². The Morgan fingerprint density at radius 2 is 1.87 bits per heavy atom. The zero-order chi connectivity index (χ0) is 21.1. The Labute approximate surface area is 176 Å². The number of halogens is 2. The van der Waals surface area contributed by atoms with Gasteiger partial charge in [-0.1, -0.05) is 17.7 Å². The van der Waals surface area contributed by atoms with Crippen molar-refractivity contribution < 1.29 is 13.9 Å². The Balaban J connectivity index is 1.81. The number of hydrogen-bond acceptors (Lipinski definition) is 4. The molecule has 6 nitrogen and oxygen atoms in total. The second-order valence-corrected chi connectivity index (χ2v) is 6.91. The fraction of sp³-hybridized carbons (Fsp3) is 0.0909. The highest BCUT2D eigenvalue weighted by Gasteiger charge is 2.14. The number of hydrogen-bond donors (Lipinski definition) is 0. The second-order valence-electron chi connectivity index (χ2n) is 6.47. The first-order valence-electron chi connectivity index (χ1n) is 9.02. The molecule has 0 saturated heterocycles. The van der Waals surface area contributed by atoms with Crippen molar-refractivity contribution in [3.05, 3.63) is 88.6 Å². The van der Waals surface area contributed by atoms with Crippen LogP contribution in [0, 0.1) is 0 Å². The van der Waals surface area contributed by atoms with Crippen LogP contribution in [-0.2, 0) is 7.05 Å². The van der Waals surface area contributed by atoms with Crippen LogP contribution in [0.4, 0.5) is 4.39 Å². The molecule has 0 atom stereocenters. The Morgan fingerprint density at radius 1 is 1.07 bits per heavy atom. The molecular weight excluding hydrogens is 409 g/mol. The van der Waals surface area contributed by atoms with Gasteiger partial charge in [-0.05, 0) is 42.5 Å². The van der Waals surface area contributed by atoms with E-state index in [1.54, 1.807) is 72.7 Å². The van der Waals surface area contributed by atoms with Gasteiger partial charge in [-0.2, -0.15) is 5.10 Å². The normalized spacial score (nSPS) is 10.8. The maximum absolute atomic E-state index is 12.8. The van der Waals surface area contributed by atoms with Crippen molar-refractivity contribution in [2.75, 3.05) is 6.86 Å². The Bertz CT molecular complexity index is 1240. The Hall–Kier alpha value is -3.58. The average Bonchev–Trinajstić information content (AvgIpc) is 3.15. The van der Waals surface area contributed by atoms with Crippen LogP contribution in [-0.4, -0.2) is 21.2 Å². The first-order valence-corrected chi connectivity index (χ1v) is 9.39. The van der Waals surface area contributed by atoms with Gasteiger partial charge in [-0.3, -0.25) is 14.0 Å².